The molecule has 0 radical (unpaired) electrons. The summed E-state index contributed by atoms with van der Waals surface area (Å²) in [5, 5.41) is 5.34. The van der Waals surface area contributed by atoms with E-state index in [0.29, 0.717) is 46.0 Å². The molecule has 1 atom stereocenters. The van der Waals surface area contributed by atoms with Crippen LogP contribution in [0.3, 0.4) is 0 Å². The summed E-state index contributed by atoms with van der Waals surface area (Å²) >= 11 is 3.47. The van der Waals surface area contributed by atoms with Gasteiger partial charge in [-0.2, -0.15) is 0 Å². The number of amides is 2. The van der Waals surface area contributed by atoms with Crippen molar-refractivity contribution in [1.29, 1.82) is 0 Å². The Morgan fingerprint density at radius 2 is 1.92 bits per heavy atom. The standard InChI is InChI=1S/C17H21BrN2O5/c1-5-24-12-8-10(7-11(18)15(12)25-6-2)14-13(16(21)23-4)9(3)19-17(22)20-14/h7-8,14H,5-6H2,1-4H3,(H2,19,20,22)/t14-/m1/s1. The van der Waals surface area contributed by atoms with Crippen molar-refractivity contribution in [3.05, 3.63) is 33.4 Å². The highest BCUT2D eigenvalue weighted by atomic mass is 79.9. The Hall–Kier alpha value is -2.22. The molecule has 0 fully saturated rings. The van der Waals surface area contributed by atoms with Gasteiger partial charge in [0.2, 0.25) is 0 Å². The van der Waals surface area contributed by atoms with Crippen LogP contribution in [0.4, 0.5) is 4.79 Å². The fourth-order valence-electron chi connectivity index (χ4n) is 2.63. The average molecular weight is 413 g/mol. The van der Waals surface area contributed by atoms with Gasteiger partial charge in [0.1, 0.15) is 0 Å². The van der Waals surface area contributed by atoms with Crippen molar-refractivity contribution in [2.75, 3.05) is 20.3 Å². The molecule has 1 aliphatic rings. The van der Waals surface area contributed by atoms with Gasteiger partial charge >= 0.3 is 12.0 Å². The van der Waals surface area contributed by atoms with Crippen LogP contribution >= 0.6 is 15.9 Å². The molecule has 25 heavy (non-hydrogen) atoms. The second kappa shape index (κ2) is 8.24. The van der Waals surface area contributed by atoms with E-state index in [1.165, 1.54) is 7.11 Å². The number of carbonyl (C=O) groups excluding carboxylic acids is 2. The molecule has 0 spiro atoms. The fraction of sp³-hybridized carbons (Fsp3) is 0.412. The lowest BCUT2D eigenvalue weighted by molar-refractivity contribution is -0.136. The third-order valence-electron chi connectivity index (χ3n) is 3.63. The van der Waals surface area contributed by atoms with Gasteiger partial charge in [0.05, 0.1) is 36.4 Å². The highest BCUT2D eigenvalue weighted by molar-refractivity contribution is 9.10. The summed E-state index contributed by atoms with van der Waals surface area (Å²) in [6.07, 6.45) is 0. The van der Waals surface area contributed by atoms with Gasteiger partial charge in [0.15, 0.2) is 11.5 Å². The van der Waals surface area contributed by atoms with Crippen LogP contribution in [0.25, 0.3) is 0 Å². The molecule has 0 aromatic heterocycles. The highest BCUT2D eigenvalue weighted by Gasteiger charge is 2.32. The molecular formula is C17H21BrN2O5. The summed E-state index contributed by atoms with van der Waals surface area (Å²) in [6, 6.07) is 2.50. The molecule has 0 bridgehead atoms. The number of esters is 1. The third-order valence-corrected chi connectivity index (χ3v) is 4.22. The Morgan fingerprint density at radius 1 is 1.24 bits per heavy atom. The Bertz CT molecular complexity index is 717. The normalized spacial score (nSPS) is 16.8. The number of nitrogens with one attached hydrogen (secondary N) is 2. The quantitative estimate of drug-likeness (QED) is 0.701. The van der Waals surface area contributed by atoms with E-state index in [1.54, 1.807) is 19.1 Å². The van der Waals surface area contributed by atoms with E-state index >= 15 is 0 Å². The predicted octanol–water partition coefficient (Wildman–Crippen LogP) is 3.05. The number of allylic oxidation sites excluding steroid dienone is 1. The van der Waals surface area contributed by atoms with Gasteiger partial charge in [0.25, 0.3) is 0 Å². The zero-order valence-electron chi connectivity index (χ0n) is 14.6. The second-order valence-electron chi connectivity index (χ2n) is 5.26. The Balaban J connectivity index is 2.56. The first-order valence-corrected chi connectivity index (χ1v) is 8.67. The van der Waals surface area contributed by atoms with Crippen molar-refractivity contribution in [1.82, 2.24) is 10.6 Å². The van der Waals surface area contributed by atoms with Gasteiger partial charge in [-0.1, -0.05) is 0 Å². The lowest BCUT2D eigenvalue weighted by Gasteiger charge is -2.28. The van der Waals surface area contributed by atoms with Crippen LogP contribution in [0.2, 0.25) is 0 Å². The van der Waals surface area contributed by atoms with Crippen molar-refractivity contribution in [3.8, 4) is 11.5 Å². The summed E-state index contributed by atoms with van der Waals surface area (Å²) in [5.74, 6) is 0.593. The molecule has 0 saturated carbocycles. The molecular weight excluding hydrogens is 392 g/mol. The number of carbonyl (C=O) groups is 2. The minimum Gasteiger partial charge on any atom is -0.490 e. The Morgan fingerprint density at radius 3 is 2.52 bits per heavy atom. The van der Waals surface area contributed by atoms with E-state index in [9.17, 15) is 9.59 Å². The Kier molecular flexibility index (Phi) is 6.30. The van der Waals surface area contributed by atoms with E-state index in [4.69, 9.17) is 14.2 Å². The molecule has 2 rings (SSSR count). The molecule has 7 nitrogen and oxygen atoms in total. The molecule has 1 heterocycles. The first-order valence-electron chi connectivity index (χ1n) is 7.88. The summed E-state index contributed by atoms with van der Waals surface area (Å²) < 4.78 is 16.8. The number of halogens is 1. The summed E-state index contributed by atoms with van der Waals surface area (Å²) in [4.78, 5) is 24.1. The van der Waals surface area contributed by atoms with Crippen LogP contribution in [0.1, 0.15) is 32.4 Å². The van der Waals surface area contributed by atoms with Gasteiger partial charge in [-0.05, 0) is 54.4 Å². The minimum atomic E-state index is -0.660. The molecule has 0 saturated heterocycles. The predicted molar refractivity (Wildman–Crippen MR) is 95.6 cm³/mol. The van der Waals surface area contributed by atoms with Gasteiger partial charge in [-0.15, -0.1) is 0 Å². The van der Waals surface area contributed by atoms with Crippen LogP contribution in [-0.2, 0) is 9.53 Å². The van der Waals surface area contributed by atoms with Gasteiger partial charge in [-0.25, -0.2) is 9.59 Å². The van der Waals surface area contributed by atoms with Crippen molar-refractivity contribution in [3.63, 3.8) is 0 Å². The van der Waals surface area contributed by atoms with E-state index in [2.05, 4.69) is 26.6 Å². The van der Waals surface area contributed by atoms with Crippen LogP contribution in [0.15, 0.2) is 27.9 Å². The molecule has 136 valence electrons. The van der Waals surface area contributed by atoms with Crippen LogP contribution < -0.4 is 20.1 Å². The van der Waals surface area contributed by atoms with E-state index in [1.807, 2.05) is 13.8 Å². The van der Waals surface area contributed by atoms with Crippen LogP contribution in [-0.4, -0.2) is 32.3 Å². The molecule has 0 unspecified atom stereocenters. The number of ether oxygens (including phenoxy) is 3. The topological polar surface area (TPSA) is 85.9 Å². The molecule has 1 aromatic carbocycles. The van der Waals surface area contributed by atoms with Crippen molar-refractivity contribution >= 4 is 27.9 Å². The van der Waals surface area contributed by atoms with Gasteiger partial charge < -0.3 is 24.8 Å². The third kappa shape index (κ3) is 4.07. The molecule has 1 aliphatic heterocycles. The fourth-order valence-corrected chi connectivity index (χ4v) is 3.20. The monoisotopic (exact) mass is 412 g/mol. The molecule has 2 N–H and O–H groups in total. The van der Waals surface area contributed by atoms with Gasteiger partial charge in [-0.3, -0.25) is 0 Å². The van der Waals surface area contributed by atoms with E-state index in [-0.39, 0.29) is 0 Å². The molecule has 8 heteroatoms. The Labute approximate surface area is 154 Å². The SMILES string of the molecule is CCOc1cc([C@H]2NC(=O)NC(C)=C2C(=O)OC)cc(Br)c1OCC. The van der Waals surface area contributed by atoms with E-state index < -0.39 is 18.0 Å². The number of hydrogen-bond donors (Lipinski definition) is 2. The molecule has 2 amide bonds. The first kappa shape index (κ1) is 19.1. The number of rotatable bonds is 6. The largest absolute Gasteiger partial charge is 0.490 e. The summed E-state index contributed by atoms with van der Waals surface area (Å²) in [7, 11) is 1.30. The number of urea groups is 1. The highest BCUT2D eigenvalue weighted by Crippen LogP contribution is 2.40. The van der Waals surface area contributed by atoms with Crippen molar-refractivity contribution in [2.24, 2.45) is 0 Å². The van der Waals surface area contributed by atoms with Crippen molar-refractivity contribution < 1.29 is 23.8 Å². The maximum absolute atomic E-state index is 12.2. The lowest BCUT2D eigenvalue weighted by atomic mass is 9.95. The maximum atomic E-state index is 12.2. The minimum absolute atomic E-state index is 0.334. The lowest BCUT2D eigenvalue weighted by Crippen LogP contribution is -2.45. The van der Waals surface area contributed by atoms with Gasteiger partial charge in [0, 0.05) is 5.70 Å². The molecule has 1 aromatic rings. The van der Waals surface area contributed by atoms with Crippen LogP contribution in [0, 0.1) is 0 Å². The number of methoxy groups -OCH3 is 1. The second-order valence-corrected chi connectivity index (χ2v) is 6.11. The maximum Gasteiger partial charge on any atom is 0.337 e. The van der Waals surface area contributed by atoms with Crippen LogP contribution in [0.5, 0.6) is 11.5 Å². The zero-order chi connectivity index (χ0) is 18.6. The number of hydrogen-bond acceptors (Lipinski definition) is 5. The zero-order valence-corrected chi connectivity index (χ0v) is 16.2. The smallest absolute Gasteiger partial charge is 0.337 e. The number of benzene rings is 1. The van der Waals surface area contributed by atoms with E-state index in [0.717, 1.165) is 0 Å². The average Bonchev–Trinajstić information content (AvgIpc) is 2.56. The van der Waals surface area contributed by atoms with Crippen molar-refractivity contribution in [2.45, 2.75) is 26.8 Å². The summed E-state index contributed by atoms with van der Waals surface area (Å²) in [6.45, 7) is 6.34. The molecule has 0 aliphatic carbocycles. The first-order chi connectivity index (χ1) is 11.9. The summed E-state index contributed by atoms with van der Waals surface area (Å²) in [5.41, 5.74) is 1.46.